The van der Waals surface area contributed by atoms with Gasteiger partial charge in [0.1, 0.15) is 0 Å². The van der Waals surface area contributed by atoms with Gasteiger partial charge in [-0.3, -0.25) is 4.90 Å². The first-order valence-electron chi connectivity index (χ1n) is 5.45. The highest BCUT2D eigenvalue weighted by Gasteiger charge is 2.34. The van der Waals surface area contributed by atoms with Crippen LogP contribution in [0.25, 0.3) is 0 Å². The van der Waals surface area contributed by atoms with E-state index in [2.05, 4.69) is 29.2 Å². The molecule has 0 amide bonds. The molecule has 14 heavy (non-hydrogen) atoms. The van der Waals surface area contributed by atoms with Gasteiger partial charge in [-0.15, -0.1) is 0 Å². The summed E-state index contributed by atoms with van der Waals surface area (Å²) in [7, 11) is 0. The van der Waals surface area contributed by atoms with Crippen LogP contribution in [0.2, 0.25) is 0 Å². The van der Waals surface area contributed by atoms with Crippen molar-refractivity contribution in [1.29, 1.82) is 0 Å². The van der Waals surface area contributed by atoms with Gasteiger partial charge in [0.2, 0.25) is 0 Å². The smallest absolute Gasteiger partial charge is 0.0369 e. The van der Waals surface area contributed by atoms with Gasteiger partial charge < -0.3 is 5.73 Å². The van der Waals surface area contributed by atoms with Crippen molar-refractivity contribution in [2.45, 2.75) is 24.9 Å². The molecule has 2 N–H and O–H groups in total. The van der Waals surface area contributed by atoms with Gasteiger partial charge in [0.15, 0.2) is 0 Å². The minimum absolute atomic E-state index is 0.261. The summed E-state index contributed by atoms with van der Waals surface area (Å²) in [5, 5.41) is 0. The van der Waals surface area contributed by atoms with Crippen molar-refractivity contribution in [3.05, 3.63) is 35.4 Å². The molecular formula is C12H16N2. The maximum Gasteiger partial charge on any atom is 0.0369 e. The van der Waals surface area contributed by atoms with Crippen LogP contribution in [0.4, 0.5) is 0 Å². The number of fused-ring (bicyclic) bond motifs is 1. The van der Waals surface area contributed by atoms with Gasteiger partial charge in [0.05, 0.1) is 0 Å². The molecule has 0 unspecified atom stereocenters. The van der Waals surface area contributed by atoms with Gasteiger partial charge in [-0.2, -0.15) is 0 Å². The summed E-state index contributed by atoms with van der Waals surface area (Å²) >= 11 is 0. The molecule has 0 radical (unpaired) electrons. The number of nitrogens with zero attached hydrogens (tertiary/aromatic N) is 1. The van der Waals surface area contributed by atoms with Crippen molar-refractivity contribution >= 4 is 0 Å². The molecule has 74 valence electrons. The molecule has 1 aromatic carbocycles. The van der Waals surface area contributed by atoms with E-state index in [1.807, 2.05) is 0 Å². The van der Waals surface area contributed by atoms with E-state index >= 15 is 0 Å². The van der Waals surface area contributed by atoms with Gasteiger partial charge in [-0.1, -0.05) is 24.3 Å². The Bertz CT molecular complexity index is 344. The summed E-state index contributed by atoms with van der Waals surface area (Å²) in [5.74, 6) is 0. The fraction of sp³-hybridized carbons (Fsp3) is 0.500. The summed E-state index contributed by atoms with van der Waals surface area (Å²) in [5.41, 5.74) is 8.96. The molecular weight excluding hydrogens is 172 g/mol. The second-order valence-corrected chi connectivity index (χ2v) is 4.38. The molecule has 1 aliphatic carbocycles. The molecule has 2 aliphatic rings. The van der Waals surface area contributed by atoms with Crippen LogP contribution in [0.1, 0.15) is 36.1 Å². The summed E-state index contributed by atoms with van der Waals surface area (Å²) in [6.45, 7) is 2.51. The minimum Gasteiger partial charge on any atom is -0.324 e. The quantitative estimate of drug-likeness (QED) is 0.728. The molecule has 1 fully saturated rings. The van der Waals surface area contributed by atoms with Gasteiger partial charge in [-0.05, 0) is 37.1 Å². The average Bonchev–Trinajstić information content (AvgIpc) is 2.43. The first kappa shape index (κ1) is 8.45. The third kappa shape index (κ3) is 1.11. The Labute approximate surface area is 84.7 Å². The largest absolute Gasteiger partial charge is 0.324 e. The number of hydrogen-bond donors (Lipinski definition) is 1. The van der Waals surface area contributed by atoms with Crippen molar-refractivity contribution in [3.8, 4) is 0 Å². The fourth-order valence-corrected chi connectivity index (χ4v) is 2.64. The van der Waals surface area contributed by atoms with Crippen LogP contribution in [0.3, 0.4) is 0 Å². The van der Waals surface area contributed by atoms with E-state index in [-0.39, 0.29) is 6.04 Å². The highest BCUT2D eigenvalue weighted by Crippen LogP contribution is 2.42. The predicted octanol–water partition coefficient (Wildman–Crippen LogP) is 1.84. The summed E-state index contributed by atoms with van der Waals surface area (Å²) in [6.07, 6.45) is 2.47. The van der Waals surface area contributed by atoms with Crippen LogP contribution < -0.4 is 5.73 Å². The van der Waals surface area contributed by atoms with E-state index in [9.17, 15) is 0 Å². The van der Waals surface area contributed by atoms with Crippen LogP contribution in [0.5, 0.6) is 0 Å². The lowest BCUT2D eigenvalue weighted by atomic mass is 10.0. The Kier molecular flexibility index (Phi) is 1.85. The molecule has 0 saturated carbocycles. The maximum absolute atomic E-state index is 6.13. The van der Waals surface area contributed by atoms with Gasteiger partial charge in [0.25, 0.3) is 0 Å². The SMILES string of the molecule is N[C@@H]1C[C@H](N2CCC2)c2ccccc21. The second kappa shape index (κ2) is 3.07. The molecule has 3 rings (SSSR count). The van der Waals surface area contributed by atoms with Crippen molar-refractivity contribution < 1.29 is 0 Å². The fourth-order valence-electron chi connectivity index (χ4n) is 2.64. The molecule has 0 spiro atoms. The summed E-state index contributed by atoms with van der Waals surface area (Å²) in [4.78, 5) is 2.55. The normalized spacial score (nSPS) is 31.2. The summed E-state index contributed by atoms with van der Waals surface area (Å²) < 4.78 is 0. The Morgan fingerprint density at radius 3 is 2.50 bits per heavy atom. The lowest BCUT2D eigenvalue weighted by molar-refractivity contribution is 0.115. The molecule has 1 aliphatic heterocycles. The zero-order valence-electron chi connectivity index (χ0n) is 8.32. The van der Waals surface area contributed by atoms with Crippen LogP contribution in [-0.2, 0) is 0 Å². The van der Waals surface area contributed by atoms with E-state index in [0.29, 0.717) is 6.04 Å². The summed E-state index contributed by atoms with van der Waals surface area (Å²) in [6, 6.07) is 9.51. The van der Waals surface area contributed by atoms with Crippen LogP contribution in [-0.4, -0.2) is 18.0 Å². The van der Waals surface area contributed by atoms with Gasteiger partial charge in [-0.25, -0.2) is 0 Å². The first-order valence-corrected chi connectivity index (χ1v) is 5.45. The Hall–Kier alpha value is -0.860. The molecule has 1 aromatic rings. The number of benzene rings is 1. The standard InChI is InChI=1S/C12H16N2/c13-11-8-12(14-6-3-7-14)10-5-2-1-4-9(10)11/h1-2,4-5,11-12H,3,6-8,13H2/t11-,12+/m1/s1. The third-order valence-corrected chi connectivity index (χ3v) is 3.56. The second-order valence-electron chi connectivity index (χ2n) is 4.38. The van der Waals surface area contributed by atoms with E-state index in [1.165, 1.54) is 30.6 Å². The average molecular weight is 188 g/mol. The molecule has 1 saturated heterocycles. The zero-order valence-corrected chi connectivity index (χ0v) is 8.32. The maximum atomic E-state index is 6.13. The van der Waals surface area contributed by atoms with Gasteiger partial charge in [0, 0.05) is 12.1 Å². The van der Waals surface area contributed by atoms with Crippen molar-refractivity contribution in [3.63, 3.8) is 0 Å². The number of nitrogens with two attached hydrogens (primary N) is 1. The highest BCUT2D eigenvalue weighted by molar-refractivity contribution is 5.37. The van der Waals surface area contributed by atoms with E-state index in [4.69, 9.17) is 5.73 Å². The van der Waals surface area contributed by atoms with Gasteiger partial charge >= 0.3 is 0 Å². The van der Waals surface area contributed by atoms with Crippen LogP contribution in [0.15, 0.2) is 24.3 Å². The monoisotopic (exact) mass is 188 g/mol. The van der Waals surface area contributed by atoms with Crippen molar-refractivity contribution in [2.75, 3.05) is 13.1 Å². The highest BCUT2D eigenvalue weighted by atomic mass is 15.2. The molecule has 0 aromatic heterocycles. The van der Waals surface area contributed by atoms with Crippen LogP contribution in [0, 0.1) is 0 Å². The topological polar surface area (TPSA) is 29.3 Å². The third-order valence-electron chi connectivity index (χ3n) is 3.56. The van der Waals surface area contributed by atoms with E-state index in [1.54, 1.807) is 0 Å². The Morgan fingerprint density at radius 2 is 1.86 bits per heavy atom. The van der Waals surface area contributed by atoms with Crippen molar-refractivity contribution in [1.82, 2.24) is 4.90 Å². The zero-order chi connectivity index (χ0) is 9.54. The molecule has 2 atom stereocenters. The number of rotatable bonds is 1. The predicted molar refractivity (Wildman–Crippen MR) is 56.9 cm³/mol. The number of likely N-dealkylation sites (tertiary alicyclic amines) is 1. The minimum atomic E-state index is 0.261. The lowest BCUT2D eigenvalue weighted by Gasteiger charge is -2.37. The lowest BCUT2D eigenvalue weighted by Crippen LogP contribution is -2.39. The van der Waals surface area contributed by atoms with Crippen molar-refractivity contribution in [2.24, 2.45) is 5.73 Å². The Balaban J connectivity index is 1.96. The molecule has 2 nitrogen and oxygen atoms in total. The van der Waals surface area contributed by atoms with E-state index < -0.39 is 0 Å². The van der Waals surface area contributed by atoms with E-state index in [0.717, 1.165) is 6.42 Å². The molecule has 0 bridgehead atoms. The Morgan fingerprint density at radius 1 is 1.14 bits per heavy atom. The first-order chi connectivity index (χ1) is 6.86. The molecule has 1 heterocycles. The molecule has 2 heteroatoms. The van der Waals surface area contributed by atoms with Crippen LogP contribution >= 0.6 is 0 Å². The number of hydrogen-bond acceptors (Lipinski definition) is 2.